The number of primary amides is 1. The van der Waals surface area contributed by atoms with Gasteiger partial charge in [-0.05, 0) is 54.3 Å². The molecule has 0 spiro atoms. The van der Waals surface area contributed by atoms with Gasteiger partial charge in [0.1, 0.15) is 11.7 Å². The lowest BCUT2D eigenvalue weighted by atomic mass is 9.99. The molecule has 1 aliphatic rings. The number of amidine groups is 1. The van der Waals surface area contributed by atoms with Gasteiger partial charge >= 0.3 is 0 Å². The van der Waals surface area contributed by atoms with Gasteiger partial charge in [0.05, 0.1) is 17.7 Å². The summed E-state index contributed by atoms with van der Waals surface area (Å²) in [6.45, 7) is 2.49. The van der Waals surface area contributed by atoms with E-state index in [1.807, 2.05) is 37.1 Å². The Morgan fingerprint density at radius 1 is 1.31 bits per heavy atom. The van der Waals surface area contributed by atoms with Gasteiger partial charge in [0.2, 0.25) is 5.91 Å². The van der Waals surface area contributed by atoms with E-state index in [2.05, 4.69) is 4.99 Å². The highest BCUT2D eigenvalue weighted by atomic mass is 19.1. The second-order valence-electron chi connectivity index (χ2n) is 6.68. The number of carbonyl (C=O) groups excluding carboxylic acids is 1. The number of carbonyl (C=O) groups is 1. The van der Waals surface area contributed by atoms with Crippen molar-refractivity contribution in [2.24, 2.45) is 10.7 Å². The van der Waals surface area contributed by atoms with Gasteiger partial charge in [-0.3, -0.25) is 4.79 Å². The fraction of sp³-hybridized carbons (Fsp3) is 0.300. The normalized spacial score (nSPS) is 19.3. The highest BCUT2D eigenvalue weighted by molar-refractivity contribution is 5.85. The predicted molar refractivity (Wildman–Crippen MR) is 98.7 cm³/mol. The largest absolute Gasteiger partial charge is 0.392 e. The first-order valence-electron chi connectivity index (χ1n) is 8.46. The van der Waals surface area contributed by atoms with Crippen molar-refractivity contribution in [1.29, 1.82) is 0 Å². The molecule has 0 saturated heterocycles. The van der Waals surface area contributed by atoms with E-state index in [-0.39, 0.29) is 5.82 Å². The van der Waals surface area contributed by atoms with Crippen molar-refractivity contribution in [1.82, 2.24) is 4.90 Å². The number of aliphatic hydroxyl groups is 1. The van der Waals surface area contributed by atoms with Gasteiger partial charge in [0, 0.05) is 13.6 Å². The van der Waals surface area contributed by atoms with Crippen molar-refractivity contribution in [2.75, 3.05) is 7.05 Å². The van der Waals surface area contributed by atoms with Crippen molar-refractivity contribution in [3.63, 3.8) is 0 Å². The number of hydrogen-bond acceptors (Lipinski definition) is 3. The third-order valence-corrected chi connectivity index (χ3v) is 4.76. The lowest BCUT2D eigenvalue weighted by Crippen LogP contribution is -2.28. The molecule has 0 radical (unpaired) electrons. The number of aliphatic imine (C=N–C) groups is 1. The number of benzene rings is 2. The smallest absolute Gasteiger partial charge is 0.227 e. The van der Waals surface area contributed by atoms with Crippen molar-refractivity contribution < 1.29 is 14.3 Å². The highest BCUT2D eigenvalue weighted by Gasteiger charge is 2.35. The molecule has 3 rings (SSSR count). The summed E-state index contributed by atoms with van der Waals surface area (Å²) in [5, 5.41) is 10.1. The fourth-order valence-electron chi connectivity index (χ4n) is 3.27. The maximum atomic E-state index is 13.0. The third kappa shape index (κ3) is 3.75. The SMILES string of the molecule is CC(=Nc1ccc2c(c1)C(C(N)=O)[C@H](O)C2)N(C)Cc1ccc(F)cc1. The lowest BCUT2D eigenvalue weighted by Gasteiger charge is -2.19. The minimum Gasteiger partial charge on any atom is -0.392 e. The summed E-state index contributed by atoms with van der Waals surface area (Å²) < 4.78 is 13.0. The van der Waals surface area contributed by atoms with E-state index in [1.54, 1.807) is 12.1 Å². The number of nitrogens with zero attached hydrogens (tertiary/aromatic N) is 2. The van der Waals surface area contributed by atoms with Crippen molar-refractivity contribution in [3.8, 4) is 0 Å². The Morgan fingerprint density at radius 3 is 2.65 bits per heavy atom. The molecular formula is C20H22FN3O2. The molecule has 2 atom stereocenters. The minimum atomic E-state index is -0.774. The monoisotopic (exact) mass is 355 g/mol. The summed E-state index contributed by atoms with van der Waals surface area (Å²) in [5.41, 5.74) is 8.79. The van der Waals surface area contributed by atoms with Crippen molar-refractivity contribution in [3.05, 3.63) is 65.0 Å². The number of aliphatic hydroxyl groups excluding tert-OH is 1. The molecule has 2 aromatic rings. The predicted octanol–water partition coefficient (Wildman–Crippen LogP) is 2.49. The van der Waals surface area contributed by atoms with E-state index in [9.17, 15) is 14.3 Å². The first kappa shape index (κ1) is 18.1. The molecule has 26 heavy (non-hydrogen) atoms. The summed E-state index contributed by atoms with van der Waals surface area (Å²) in [4.78, 5) is 18.2. The second kappa shape index (κ2) is 7.25. The Kier molecular flexibility index (Phi) is 5.04. The fourth-order valence-corrected chi connectivity index (χ4v) is 3.27. The molecule has 0 heterocycles. The first-order valence-corrected chi connectivity index (χ1v) is 8.46. The zero-order chi connectivity index (χ0) is 18.8. The number of amides is 1. The van der Waals surface area contributed by atoms with E-state index in [4.69, 9.17) is 5.73 Å². The zero-order valence-electron chi connectivity index (χ0n) is 14.8. The van der Waals surface area contributed by atoms with Crippen LogP contribution in [0.25, 0.3) is 0 Å². The van der Waals surface area contributed by atoms with Gasteiger partial charge in [-0.25, -0.2) is 9.38 Å². The van der Waals surface area contributed by atoms with Gasteiger partial charge in [-0.1, -0.05) is 18.2 Å². The maximum absolute atomic E-state index is 13.0. The Morgan fingerprint density at radius 2 is 2.00 bits per heavy atom. The van der Waals surface area contributed by atoms with Crippen LogP contribution in [-0.4, -0.2) is 34.9 Å². The van der Waals surface area contributed by atoms with Gasteiger partial charge in [-0.2, -0.15) is 0 Å². The molecule has 5 nitrogen and oxygen atoms in total. The Balaban J connectivity index is 1.79. The standard InChI is InChI=1S/C20H22FN3O2/c1-12(24(2)11-13-3-6-15(21)7-4-13)23-16-8-5-14-9-18(25)19(20(22)26)17(14)10-16/h3-8,10,18-19,25H,9,11H2,1-2H3,(H2,22,26)/t18-,19?/m1/s1. The quantitative estimate of drug-likeness (QED) is 0.653. The third-order valence-electron chi connectivity index (χ3n) is 4.76. The van der Waals surface area contributed by atoms with Crippen LogP contribution in [0.3, 0.4) is 0 Å². The molecule has 1 amide bonds. The van der Waals surface area contributed by atoms with E-state index in [0.29, 0.717) is 18.7 Å². The number of halogens is 1. The summed E-state index contributed by atoms with van der Waals surface area (Å²) in [6, 6.07) is 11.9. The van der Waals surface area contributed by atoms with Crippen LogP contribution in [0.15, 0.2) is 47.5 Å². The van der Waals surface area contributed by atoms with Crippen LogP contribution >= 0.6 is 0 Å². The highest BCUT2D eigenvalue weighted by Crippen LogP contribution is 2.35. The average Bonchev–Trinajstić information content (AvgIpc) is 2.92. The van der Waals surface area contributed by atoms with E-state index in [1.165, 1.54) is 12.1 Å². The molecule has 0 fully saturated rings. The topological polar surface area (TPSA) is 78.9 Å². The van der Waals surface area contributed by atoms with Crippen LogP contribution in [-0.2, 0) is 17.8 Å². The molecule has 3 N–H and O–H groups in total. The van der Waals surface area contributed by atoms with Gasteiger partial charge < -0.3 is 15.7 Å². The van der Waals surface area contributed by atoms with Gasteiger partial charge in [-0.15, -0.1) is 0 Å². The van der Waals surface area contributed by atoms with Crippen LogP contribution in [0.4, 0.5) is 10.1 Å². The molecule has 0 bridgehead atoms. The summed E-state index contributed by atoms with van der Waals surface area (Å²) in [7, 11) is 1.91. The van der Waals surface area contributed by atoms with E-state index in [0.717, 1.165) is 22.5 Å². The summed E-state index contributed by atoms with van der Waals surface area (Å²) in [5.74, 6) is -0.686. The molecular weight excluding hydrogens is 333 g/mol. The first-order chi connectivity index (χ1) is 12.3. The lowest BCUT2D eigenvalue weighted by molar-refractivity contribution is -0.121. The summed E-state index contributed by atoms with van der Waals surface area (Å²) >= 11 is 0. The molecule has 0 aliphatic heterocycles. The number of rotatable bonds is 4. The van der Waals surface area contributed by atoms with E-state index >= 15 is 0 Å². The van der Waals surface area contributed by atoms with Gasteiger partial charge in [0.15, 0.2) is 0 Å². The van der Waals surface area contributed by atoms with Crippen LogP contribution in [0.2, 0.25) is 0 Å². The molecule has 1 aliphatic carbocycles. The van der Waals surface area contributed by atoms with E-state index < -0.39 is 17.9 Å². The number of nitrogens with two attached hydrogens (primary N) is 1. The minimum absolute atomic E-state index is 0.258. The maximum Gasteiger partial charge on any atom is 0.227 e. The Labute approximate surface area is 152 Å². The van der Waals surface area contributed by atoms with Crippen LogP contribution in [0, 0.1) is 5.82 Å². The Hall–Kier alpha value is -2.73. The Bertz CT molecular complexity index is 849. The zero-order valence-corrected chi connectivity index (χ0v) is 14.8. The summed E-state index contributed by atoms with van der Waals surface area (Å²) in [6.07, 6.45) is -0.347. The molecule has 0 saturated carbocycles. The van der Waals surface area contributed by atoms with Crippen LogP contribution in [0.1, 0.15) is 29.5 Å². The molecule has 136 valence electrons. The van der Waals surface area contributed by atoms with Gasteiger partial charge in [0.25, 0.3) is 0 Å². The molecule has 6 heteroatoms. The van der Waals surface area contributed by atoms with Crippen LogP contribution < -0.4 is 5.73 Å². The van der Waals surface area contributed by atoms with Crippen LogP contribution in [0.5, 0.6) is 0 Å². The molecule has 0 aromatic heterocycles. The van der Waals surface area contributed by atoms with Crippen molar-refractivity contribution >= 4 is 17.4 Å². The van der Waals surface area contributed by atoms with Crippen molar-refractivity contribution in [2.45, 2.75) is 31.9 Å². The number of hydrogen-bond donors (Lipinski definition) is 2. The molecule has 2 aromatic carbocycles. The second-order valence-corrected chi connectivity index (χ2v) is 6.68. The number of fused-ring (bicyclic) bond motifs is 1. The molecule has 1 unspecified atom stereocenters. The average molecular weight is 355 g/mol.